The van der Waals surface area contributed by atoms with Crippen molar-refractivity contribution >= 4 is 12.1 Å². The van der Waals surface area contributed by atoms with Crippen molar-refractivity contribution < 1.29 is 14.3 Å². The lowest BCUT2D eigenvalue weighted by atomic mass is 10.1. The molecule has 0 unspecified atom stereocenters. The maximum absolute atomic E-state index is 11.6. The minimum atomic E-state index is -1.24. The van der Waals surface area contributed by atoms with E-state index in [-0.39, 0.29) is 0 Å². The molecule has 0 spiro atoms. The largest absolute Gasteiger partial charge is 0.460 e. The van der Waals surface area contributed by atoms with Crippen molar-refractivity contribution in [1.82, 2.24) is 5.43 Å². The molecule has 1 atom stereocenters. The van der Waals surface area contributed by atoms with E-state index in [2.05, 4.69) is 10.5 Å². The van der Waals surface area contributed by atoms with Gasteiger partial charge in [-0.2, -0.15) is 5.10 Å². The van der Waals surface area contributed by atoms with E-state index in [4.69, 9.17) is 4.42 Å². The van der Waals surface area contributed by atoms with Gasteiger partial charge in [0.05, 0.1) is 6.21 Å². The van der Waals surface area contributed by atoms with E-state index in [1.54, 1.807) is 36.4 Å². The molecule has 5 heteroatoms. The van der Waals surface area contributed by atoms with E-state index in [0.29, 0.717) is 11.3 Å². The molecular weight excluding hydrogens is 244 g/mol. The van der Waals surface area contributed by atoms with Gasteiger partial charge in [0.15, 0.2) is 6.10 Å². The van der Waals surface area contributed by atoms with Crippen LogP contribution in [0.2, 0.25) is 0 Å². The number of aryl methyl sites for hydroxylation is 1. The molecule has 1 aromatic heterocycles. The predicted molar refractivity (Wildman–Crippen MR) is 70.6 cm³/mol. The molecule has 2 rings (SSSR count). The van der Waals surface area contributed by atoms with E-state index >= 15 is 0 Å². The Balaban J connectivity index is 1.93. The minimum Gasteiger partial charge on any atom is -0.460 e. The maximum Gasteiger partial charge on any atom is 0.273 e. The van der Waals surface area contributed by atoms with Gasteiger partial charge in [0.2, 0.25) is 0 Å². The normalized spacial score (nSPS) is 12.5. The molecule has 0 bridgehead atoms. The van der Waals surface area contributed by atoms with E-state index in [1.807, 2.05) is 13.0 Å². The summed E-state index contributed by atoms with van der Waals surface area (Å²) in [5, 5.41) is 13.5. The molecule has 0 saturated carbocycles. The molecule has 2 aromatic rings. The van der Waals surface area contributed by atoms with Gasteiger partial charge in [-0.1, -0.05) is 30.3 Å². The highest BCUT2D eigenvalue weighted by Crippen LogP contribution is 2.11. The molecule has 1 aromatic carbocycles. The number of carbonyl (C=O) groups excluding carboxylic acids is 1. The van der Waals surface area contributed by atoms with Gasteiger partial charge in [-0.15, -0.1) is 0 Å². The standard InChI is InChI=1S/C14H14N2O3/c1-10-7-8-12(19-10)9-15-16-14(18)13(17)11-5-3-2-4-6-11/h2-9,13,17H,1H3,(H,16,18)/b15-9-/t13-/m0/s1. The van der Waals surface area contributed by atoms with Gasteiger partial charge in [-0.05, 0) is 24.6 Å². The first-order valence-corrected chi connectivity index (χ1v) is 5.79. The van der Waals surface area contributed by atoms with Crippen LogP contribution in [-0.2, 0) is 4.79 Å². The number of hydrogen-bond acceptors (Lipinski definition) is 4. The second-order valence-electron chi connectivity index (χ2n) is 4.00. The van der Waals surface area contributed by atoms with Crippen LogP contribution in [0.25, 0.3) is 0 Å². The van der Waals surface area contributed by atoms with Crippen molar-refractivity contribution in [2.75, 3.05) is 0 Å². The van der Waals surface area contributed by atoms with Crippen molar-refractivity contribution in [2.24, 2.45) is 5.10 Å². The lowest BCUT2D eigenvalue weighted by Crippen LogP contribution is -2.25. The Morgan fingerprint density at radius 2 is 2.05 bits per heavy atom. The zero-order chi connectivity index (χ0) is 13.7. The number of nitrogens with one attached hydrogen (secondary N) is 1. The molecule has 0 radical (unpaired) electrons. The van der Waals surface area contributed by atoms with Gasteiger partial charge in [0.1, 0.15) is 11.5 Å². The van der Waals surface area contributed by atoms with Gasteiger partial charge in [0, 0.05) is 0 Å². The Hall–Kier alpha value is -2.40. The highest BCUT2D eigenvalue weighted by Gasteiger charge is 2.15. The quantitative estimate of drug-likeness (QED) is 0.648. The highest BCUT2D eigenvalue weighted by molar-refractivity contribution is 5.83. The van der Waals surface area contributed by atoms with Crippen LogP contribution in [0.1, 0.15) is 23.2 Å². The van der Waals surface area contributed by atoms with Gasteiger partial charge in [-0.3, -0.25) is 4.79 Å². The third-order valence-corrected chi connectivity index (χ3v) is 2.49. The first-order chi connectivity index (χ1) is 9.16. The number of aliphatic hydroxyl groups is 1. The number of furan rings is 1. The molecule has 1 heterocycles. The molecule has 98 valence electrons. The third kappa shape index (κ3) is 3.53. The maximum atomic E-state index is 11.6. The fourth-order valence-electron chi connectivity index (χ4n) is 1.53. The van der Waals surface area contributed by atoms with Crippen LogP contribution in [-0.4, -0.2) is 17.2 Å². The fraction of sp³-hybridized carbons (Fsp3) is 0.143. The van der Waals surface area contributed by atoms with Crippen LogP contribution in [0.5, 0.6) is 0 Å². The molecule has 0 aliphatic carbocycles. The van der Waals surface area contributed by atoms with Crippen molar-refractivity contribution in [3.8, 4) is 0 Å². The Kier molecular flexibility index (Phi) is 4.10. The molecular formula is C14H14N2O3. The zero-order valence-corrected chi connectivity index (χ0v) is 10.4. The predicted octanol–water partition coefficient (Wildman–Crippen LogP) is 1.77. The second kappa shape index (κ2) is 5.97. The summed E-state index contributed by atoms with van der Waals surface area (Å²) < 4.78 is 5.25. The Morgan fingerprint density at radius 1 is 1.32 bits per heavy atom. The lowest BCUT2D eigenvalue weighted by molar-refractivity contribution is -0.129. The van der Waals surface area contributed by atoms with Crippen LogP contribution in [0.3, 0.4) is 0 Å². The van der Waals surface area contributed by atoms with Crippen molar-refractivity contribution in [3.05, 3.63) is 59.5 Å². The molecule has 0 fully saturated rings. The lowest BCUT2D eigenvalue weighted by Gasteiger charge is -2.08. The molecule has 19 heavy (non-hydrogen) atoms. The summed E-state index contributed by atoms with van der Waals surface area (Å²) >= 11 is 0. The minimum absolute atomic E-state index is 0.518. The summed E-state index contributed by atoms with van der Waals surface area (Å²) in [6.45, 7) is 1.81. The smallest absolute Gasteiger partial charge is 0.273 e. The van der Waals surface area contributed by atoms with Crippen LogP contribution >= 0.6 is 0 Å². The van der Waals surface area contributed by atoms with Crippen molar-refractivity contribution in [3.63, 3.8) is 0 Å². The summed E-state index contributed by atoms with van der Waals surface area (Å²) in [5.41, 5.74) is 2.78. The molecule has 2 N–H and O–H groups in total. The fourth-order valence-corrected chi connectivity index (χ4v) is 1.53. The average Bonchev–Trinajstić information content (AvgIpc) is 2.84. The number of amides is 1. The summed E-state index contributed by atoms with van der Waals surface area (Å²) in [4.78, 5) is 11.6. The summed E-state index contributed by atoms with van der Waals surface area (Å²) in [5.74, 6) is 0.704. The summed E-state index contributed by atoms with van der Waals surface area (Å²) in [6.07, 6.45) is 0.138. The third-order valence-electron chi connectivity index (χ3n) is 2.49. The van der Waals surface area contributed by atoms with Crippen LogP contribution < -0.4 is 5.43 Å². The van der Waals surface area contributed by atoms with Crippen LogP contribution in [0, 0.1) is 6.92 Å². The Morgan fingerprint density at radius 3 is 2.68 bits per heavy atom. The number of benzene rings is 1. The molecule has 0 aliphatic rings. The van der Waals surface area contributed by atoms with E-state index in [0.717, 1.165) is 5.76 Å². The topological polar surface area (TPSA) is 74.8 Å². The van der Waals surface area contributed by atoms with E-state index in [1.165, 1.54) is 6.21 Å². The number of aliphatic hydroxyl groups excluding tert-OH is 1. The van der Waals surface area contributed by atoms with Crippen molar-refractivity contribution in [1.29, 1.82) is 0 Å². The Labute approximate surface area is 110 Å². The van der Waals surface area contributed by atoms with Crippen LogP contribution in [0.15, 0.2) is 52.0 Å². The van der Waals surface area contributed by atoms with Crippen molar-refractivity contribution in [2.45, 2.75) is 13.0 Å². The van der Waals surface area contributed by atoms with Crippen LogP contribution in [0.4, 0.5) is 0 Å². The molecule has 1 amide bonds. The average molecular weight is 258 g/mol. The number of hydrazone groups is 1. The van der Waals surface area contributed by atoms with Gasteiger partial charge >= 0.3 is 0 Å². The SMILES string of the molecule is Cc1ccc(/C=N\NC(=O)[C@@H](O)c2ccccc2)o1. The monoisotopic (exact) mass is 258 g/mol. The molecule has 5 nitrogen and oxygen atoms in total. The van der Waals surface area contributed by atoms with Gasteiger partial charge < -0.3 is 9.52 Å². The van der Waals surface area contributed by atoms with Gasteiger partial charge in [0.25, 0.3) is 5.91 Å². The molecule has 0 aliphatic heterocycles. The number of carbonyl (C=O) groups is 1. The van der Waals surface area contributed by atoms with E-state index < -0.39 is 12.0 Å². The summed E-state index contributed by atoms with van der Waals surface area (Å²) in [6, 6.07) is 12.2. The Bertz CT molecular complexity index is 575. The molecule has 0 saturated heterocycles. The summed E-state index contributed by atoms with van der Waals surface area (Å²) in [7, 11) is 0. The highest BCUT2D eigenvalue weighted by atomic mass is 16.3. The first-order valence-electron chi connectivity index (χ1n) is 5.79. The first kappa shape index (κ1) is 13.0. The number of hydrogen-bond donors (Lipinski definition) is 2. The van der Waals surface area contributed by atoms with E-state index in [9.17, 15) is 9.90 Å². The van der Waals surface area contributed by atoms with Gasteiger partial charge in [-0.25, -0.2) is 5.43 Å². The second-order valence-corrected chi connectivity index (χ2v) is 4.00. The number of rotatable bonds is 4. The zero-order valence-electron chi connectivity index (χ0n) is 10.4. The number of nitrogens with zero attached hydrogens (tertiary/aromatic N) is 1.